The van der Waals surface area contributed by atoms with Crippen LogP contribution in [0.3, 0.4) is 0 Å². The Morgan fingerprint density at radius 3 is 2.41 bits per heavy atom. The number of rotatable bonds is 7. The minimum absolute atomic E-state index is 0.0861. The van der Waals surface area contributed by atoms with Crippen molar-refractivity contribution in [1.29, 1.82) is 0 Å². The fraction of sp³-hybridized carbons (Fsp3) is 0.500. The summed E-state index contributed by atoms with van der Waals surface area (Å²) in [4.78, 5) is 12.0. The lowest BCUT2D eigenvalue weighted by Gasteiger charge is -2.27. The molecule has 1 aromatic carbocycles. The minimum atomic E-state index is -3.99. The Hall–Kier alpha value is -1.67. The molecule has 8 heteroatoms. The van der Waals surface area contributed by atoms with Crippen LogP contribution in [0.4, 0.5) is 10.1 Å². The third-order valence-corrected chi connectivity index (χ3v) is 4.97. The summed E-state index contributed by atoms with van der Waals surface area (Å²) in [7, 11) is -1.33. The quantitative estimate of drug-likeness (QED) is 0.820. The van der Waals surface area contributed by atoms with Gasteiger partial charge in [0.05, 0.1) is 5.69 Å². The van der Waals surface area contributed by atoms with Crippen LogP contribution >= 0.6 is 0 Å². The van der Waals surface area contributed by atoms with Gasteiger partial charge in [0.1, 0.15) is 12.4 Å². The zero-order valence-electron chi connectivity index (χ0n) is 13.2. The van der Waals surface area contributed by atoms with Gasteiger partial charge in [-0.15, -0.1) is 0 Å². The number of halogens is 1. The number of carbonyl (C=O) groups excluding carboxylic acids is 1. The first kappa shape index (κ1) is 18.4. The van der Waals surface area contributed by atoms with Crippen LogP contribution in [-0.2, 0) is 15.0 Å². The van der Waals surface area contributed by atoms with Gasteiger partial charge in [-0.05, 0) is 25.5 Å². The van der Waals surface area contributed by atoms with Gasteiger partial charge in [0.2, 0.25) is 5.91 Å². The van der Waals surface area contributed by atoms with Gasteiger partial charge in [0.25, 0.3) is 0 Å². The molecule has 1 amide bonds. The number of hydrogen-bond donors (Lipinski definition) is 1. The second-order valence-electron chi connectivity index (χ2n) is 5.13. The SMILES string of the molecule is CC[C@@H](C)NC(=O)CN(c1ccccc1F)S(=O)(=O)N(C)C. The van der Waals surface area contributed by atoms with Gasteiger partial charge >= 0.3 is 10.2 Å². The van der Waals surface area contributed by atoms with Crippen molar-refractivity contribution in [1.82, 2.24) is 9.62 Å². The lowest BCUT2D eigenvalue weighted by molar-refractivity contribution is -0.120. The van der Waals surface area contributed by atoms with Gasteiger partial charge in [0.15, 0.2) is 0 Å². The molecule has 0 saturated carbocycles. The molecular formula is C14H22FN3O3S. The summed E-state index contributed by atoms with van der Waals surface area (Å²) in [6.45, 7) is 3.23. The lowest BCUT2D eigenvalue weighted by Crippen LogP contribution is -2.47. The number of anilines is 1. The molecule has 0 spiro atoms. The summed E-state index contributed by atoms with van der Waals surface area (Å²) < 4.78 is 40.4. The van der Waals surface area contributed by atoms with Crippen molar-refractivity contribution in [3.05, 3.63) is 30.1 Å². The molecule has 0 heterocycles. The second-order valence-corrected chi connectivity index (χ2v) is 7.19. The summed E-state index contributed by atoms with van der Waals surface area (Å²) in [5.74, 6) is -1.19. The van der Waals surface area contributed by atoms with Gasteiger partial charge in [0, 0.05) is 20.1 Å². The van der Waals surface area contributed by atoms with Gasteiger partial charge in [-0.3, -0.25) is 4.79 Å². The highest BCUT2D eigenvalue weighted by molar-refractivity contribution is 7.90. The Labute approximate surface area is 131 Å². The molecule has 0 aliphatic rings. The van der Waals surface area contributed by atoms with Gasteiger partial charge in [-0.2, -0.15) is 12.7 Å². The molecule has 0 aliphatic heterocycles. The zero-order chi connectivity index (χ0) is 16.9. The van der Waals surface area contributed by atoms with E-state index in [0.29, 0.717) is 6.42 Å². The molecular weight excluding hydrogens is 309 g/mol. The maximum atomic E-state index is 14.0. The van der Waals surface area contributed by atoms with Crippen LogP contribution in [0.1, 0.15) is 20.3 Å². The standard InChI is InChI=1S/C14H22FN3O3S/c1-5-11(2)16-14(19)10-18(22(20,21)17(3)4)13-9-7-6-8-12(13)15/h6-9,11H,5,10H2,1-4H3,(H,16,19)/t11-/m1/s1. The Morgan fingerprint density at radius 1 is 1.32 bits per heavy atom. The number of nitrogens with zero attached hydrogens (tertiary/aromatic N) is 2. The average molecular weight is 331 g/mol. The number of para-hydroxylation sites is 1. The normalized spacial score (nSPS) is 13.0. The molecule has 124 valence electrons. The summed E-state index contributed by atoms with van der Waals surface area (Å²) in [6, 6.07) is 5.37. The smallest absolute Gasteiger partial charge is 0.304 e. The molecule has 0 aromatic heterocycles. The molecule has 6 nitrogen and oxygen atoms in total. The minimum Gasteiger partial charge on any atom is -0.352 e. The van der Waals surface area contributed by atoms with E-state index in [9.17, 15) is 17.6 Å². The first-order chi connectivity index (χ1) is 10.2. The monoisotopic (exact) mass is 331 g/mol. The fourth-order valence-corrected chi connectivity index (χ4v) is 2.77. The Bertz CT molecular complexity index is 620. The Kier molecular flexibility index (Phi) is 6.31. The van der Waals surface area contributed by atoms with Gasteiger partial charge in [-0.1, -0.05) is 19.1 Å². The molecule has 0 aliphatic carbocycles. The maximum Gasteiger partial charge on any atom is 0.304 e. The first-order valence-corrected chi connectivity index (χ1v) is 8.34. The van der Waals surface area contributed by atoms with Crippen LogP contribution in [0.5, 0.6) is 0 Å². The number of amides is 1. The van der Waals surface area contributed by atoms with Crippen LogP contribution in [0.2, 0.25) is 0 Å². The van der Waals surface area contributed by atoms with Crippen molar-refractivity contribution in [3.63, 3.8) is 0 Å². The highest BCUT2D eigenvalue weighted by Crippen LogP contribution is 2.22. The van der Waals surface area contributed by atoms with Crippen molar-refractivity contribution < 1.29 is 17.6 Å². The molecule has 0 radical (unpaired) electrons. The second kappa shape index (κ2) is 7.55. The Morgan fingerprint density at radius 2 is 1.91 bits per heavy atom. The average Bonchev–Trinajstić information content (AvgIpc) is 2.45. The van der Waals surface area contributed by atoms with Crippen molar-refractivity contribution in [2.75, 3.05) is 24.9 Å². The molecule has 22 heavy (non-hydrogen) atoms. The maximum absolute atomic E-state index is 14.0. The highest BCUT2D eigenvalue weighted by Gasteiger charge is 2.29. The van der Waals surface area contributed by atoms with E-state index in [1.165, 1.54) is 32.3 Å². The molecule has 1 N–H and O–H groups in total. The summed E-state index contributed by atoms with van der Waals surface area (Å²) in [6.07, 6.45) is 0.714. The third-order valence-electron chi connectivity index (χ3n) is 3.17. The predicted octanol–water partition coefficient (Wildman–Crippen LogP) is 1.35. The number of benzene rings is 1. The van der Waals surface area contributed by atoms with Gasteiger partial charge < -0.3 is 5.32 Å². The molecule has 1 rings (SSSR count). The van der Waals surface area contributed by atoms with E-state index in [2.05, 4.69) is 5.32 Å². The molecule has 0 unspecified atom stereocenters. The van der Waals surface area contributed by atoms with E-state index in [1.54, 1.807) is 0 Å². The number of hydrogen-bond acceptors (Lipinski definition) is 3. The van der Waals surface area contributed by atoms with Crippen LogP contribution < -0.4 is 9.62 Å². The van der Waals surface area contributed by atoms with Crippen molar-refractivity contribution >= 4 is 21.8 Å². The van der Waals surface area contributed by atoms with Crippen LogP contribution in [0.25, 0.3) is 0 Å². The van der Waals surface area contributed by atoms with E-state index >= 15 is 0 Å². The van der Waals surface area contributed by atoms with Crippen LogP contribution in [-0.4, -0.2) is 45.3 Å². The molecule has 1 atom stereocenters. The topological polar surface area (TPSA) is 69.7 Å². The molecule has 0 bridgehead atoms. The van der Waals surface area contributed by atoms with Crippen LogP contribution in [0.15, 0.2) is 24.3 Å². The van der Waals surface area contributed by atoms with E-state index in [4.69, 9.17) is 0 Å². The highest BCUT2D eigenvalue weighted by atomic mass is 32.2. The van der Waals surface area contributed by atoms with Gasteiger partial charge in [-0.25, -0.2) is 8.70 Å². The zero-order valence-corrected chi connectivity index (χ0v) is 14.0. The fourth-order valence-electron chi connectivity index (χ4n) is 1.70. The van der Waals surface area contributed by atoms with Crippen molar-refractivity contribution in [2.45, 2.75) is 26.3 Å². The van der Waals surface area contributed by atoms with E-state index < -0.39 is 28.5 Å². The van der Waals surface area contributed by atoms with E-state index in [0.717, 1.165) is 14.7 Å². The molecule has 1 aromatic rings. The number of carbonyl (C=O) groups is 1. The van der Waals surface area contributed by atoms with Crippen molar-refractivity contribution in [2.24, 2.45) is 0 Å². The largest absolute Gasteiger partial charge is 0.352 e. The summed E-state index contributed by atoms with van der Waals surface area (Å²) >= 11 is 0. The Balaban J connectivity index is 3.14. The van der Waals surface area contributed by atoms with Crippen LogP contribution in [0, 0.1) is 5.82 Å². The summed E-state index contributed by atoms with van der Waals surface area (Å²) in [5, 5.41) is 2.67. The number of nitrogens with one attached hydrogen (secondary N) is 1. The van der Waals surface area contributed by atoms with E-state index in [1.807, 2.05) is 13.8 Å². The summed E-state index contributed by atoms with van der Waals surface area (Å²) in [5.41, 5.74) is -0.157. The third kappa shape index (κ3) is 4.41. The van der Waals surface area contributed by atoms with Crippen molar-refractivity contribution in [3.8, 4) is 0 Å². The molecule has 0 saturated heterocycles. The molecule has 0 fully saturated rings. The predicted molar refractivity (Wildman–Crippen MR) is 84.2 cm³/mol. The lowest BCUT2D eigenvalue weighted by atomic mass is 10.2. The van der Waals surface area contributed by atoms with E-state index in [-0.39, 0.29) is 11.7 Å². The first-order valence-electron chi connectivity index (χ1n) is 6.94.